The highest BCUT2D eigenvalue weighted by molar-refractivity contribution is 7.89. The minimum absolute atomic E-state index is 0.258. The molecule has 6 nitrogen and oxygen atoms in total. The third kappa shape index (κ3) is 3.56. The lowest BCUT2D eigenvalue weighted by atomic mass is 10.2. The topological polar surface area (TPSA) is 73.6 Å². The molecule has 1 aromatic carbocycles. The van der Waals surface area contributed by atoms with E-state index in [4.69, 9.17) is 10.00 Å². The van der Waals surface area contributed by atoms with Gasteiger partial charge in [-0.05, 0) is 43.7 Å². The van der Waals surface area contributed by atoms with E-state index in [2.05, 4.69) is 4.90 Å². The molecule has 0 bridgehead atoms. The zero-order valence-electron chi connectivity index (χ0n) is 13.0. The van der Waals surface area contributed by atoms with Crippen molar-refractivity contribution in [3.63, 3.8) is 0 Å². The molecular formula is C16H21N3O3S. The molecule has 2 aliphatic heterocycles. The van der Waals surface area contributed by atoms with Crippen molar-refractivity contribution in [1.82, 2.24) is 9.21 Å². The maximum Gasteiger partial charge on any atom is 0.243 e. The van der Waals surface area contributed by atoms with Crippen LogP contribution in [0.2, 0.25) is 0 Å². The van der Waals surface area contributed by atoms with Crippen molar-refractivity contribution in [2.24, 2.45) is 0 Å². The van der Waals surface area contributed by atoms with Crippen LogP contribution in [0.3, 0.4) is 0 Å². The van der Waals surface area contributed by atoms with E-state index in [-0.39, 0.29) is 4.90 Å². The largest absolute Gasteiger partial charge is 0.380 e. The first-order valence-corrected chi connectivity index (χ1v) is 9.37. The highest BCUT2D eigenvalue weighted by atomic mass is 32.2. The van der Waals surface area contributed by atoms with Gasteiger partial charge in [-0.25, -0.2) is 8.42 Å². The molecule has 0 N–H and O–H groups in total. The molecule has 124 valence electrons. The van der Waals surface area contributed by atoms with Crippen LogP contribution in [-0.2, 0) is 14.8 Å². The van der Waals surface area contributed by atoms with Gasteiger partial charge in [0.2, 0.25) is 10.0 Å². The van der Waals surface area contributed by atoms with E-state index in [1.165, 1.54) is 12.1 Å². The van der Waals surface area contributed by atoms with E-state index < -0.39 is 10.0 Å². The third-order valence-electron chi connectivity index (χ3n) is 4.53. The summed E-state index contributed by atoms with van der Waals surface area (Å²) in [5, 5.41) is 8.82. The van der Waals surface area contributed by atoms with Crippen molar-refractivity contribution in [2.75, 3.05) is 39.4 Å². The van der Waals surface area contributed by atoms with E-state index >= 15 is 0 Å². The smallest absolute Gasteiger partial charge is 0.243 e. The van der Waals surface area contributed by atoms with Gasteiger partial charge in [0, 0.05) is 32.3 Å². The Morgan fingerprint density at radius 2 is 1.91 bits per heavy atom. The SMILES string of the molecule is N#Cc1ccc(S(=O)(=O)N2CCCN(C3CCOC3)CC2)cc1. The summed E-state index contributed by atoms with van der Waals surface area (Å²) in [6.07, 6.45) is 1.86. The maximum atomic E-state index is 12.8. The van der Waals surface area contributed by atoms with E-state index in [9.17, 15) is 8.42 Å². The van der Waals surface area contributed by atoms with Gasteiger partial charge in [-0.3, -0.25) is 4.90 Å². The fraction of sp³-hybridized carbons (Fsp3) is 0.562. The Bertz CT molecular complexity index is 676. The van der Waals surface area contributed by atoms with Crippen molar-refractivity contribution in [1.29, 1.82) is 5.26 Å². The van der Waals surface area contributed by atoms with Crippen LogP contribution in [0.15, 0.2) is 29.2 Å². The lowest BCUT2D eigenvalue weighted by Crippen LogP contribution is -2.39. The lowest BCUT2D eigenvalue weighted by molar-refractivity contribution is 0.147. The molecule has 1 aromatic rings. The molecule has 0 saturated carbocycles. The van der Waals surface area contributed by atoms with E-state index in [0.29, 0.717) is 24.7 Å². The molecule has 0 spiro atoms. The molecule has 7 heteroatoms. The molecule has 23 heavy (non-hydrogen) atoms. The van der Waals surface area contributed by atoms with Crippen LogP contribution in [0.4, 0.5) is 0 Å². The second-order valence-electron chi connectivity index (χ2n) is 5.95. The Morgan fingerprint density at radius 1 is 1.13 bits per heavy atom. The van der Waals surface area contributed by atoms with Crippen molar-refractivity contribution >= 4 is 10.0 Å². The van der Waals surface area contributed by atoms with Crippen molar-refractivity contribution < 1.29 is 13.2 Å². The number of nitrogens with zero attached hydrogens (tertiary/aromatic N) is 3. The summed E-state index contributed by atoms with van der Waals surface area (Å²) in [6, 6.07) is 8.56. The summed E-state index contributed by atoms with van der Waals surface area (Å²) in [7, 11) is -3.49. The summed E-state index contributed by atoms with van der Waals surface area (Å²) in [5.74, 6) is 0. The summed E-state index contributed by atoms with van der Waals surface area (Å²) >= 11 is 0. The first-order valence-electron chi connectivity index (χ1n) is 7.93. The predicted octanol–water partition coefficient (Wildman–Crippen LogP) is 1.04. The Hall–Kier alpha value is -1.46. The Morgan fingerprint density at radius 3 is 2.57 bits per heavy atom. The quantitative estimate of drug-likeness (QED) is 0.825. The van der Waals surface area contributed by atoms with Gasteiger partial charge in [0.1, 0.15) is 0 Å². The molecule has 0 amide bonds. The van der Waals surface area contributed by atoms with Gasteiger partial charge >= 0.3 is 0 Å². The summed E-state index contributed by atoms with van der Waals surface area (Å²) in [5.41, 5.74) is 0.465. The molecule has 2 saturated heterocycles. The summed E-state index contributed by atoms with van der Waals surface area (Å²) in [4.78, 5) is 2.61. The fourth-order valence-corrected chi connectivity index (χ4v) is 4.65. The standard InChI is InChI=1S/C16H21N3O3S/c17-12-14-2-4-16(5-3-14)23(20,21)19-8-1-7-18(9-10-19)15-6-11-22-13-15/h2-5,15H,1,6-11,13H2. The fourth-order valence-electron chi connectivity index (χ4n) is 3.18. The first-order chi connectivity index (χ1) is 11.1. The molecular weight excluding hydrogens is 314 g/mol. The maximum absolute atomic E-state index is 12.8. The number of nitriles is 1. The van der Waals surface area contributed by atoms with Crippen LogP contribution in [0.5, 0.6) is 0 Å². The van der Waals surface area contributed by atoms with Crippen LogP contribution >= 0.6 is 0 Å². The molecule has 2 heterocycles. The monoisotopic (exact) mass is 335 g/mol. The number of rotatable bonds is 3. The average molecular weight is 335 g/mol. The zero-order chi connectivity index (χ0) is 16.3. The van der Waals surface area contributed by atoms with Crippen molar-refractivity contribution in [2.45, 2.75) is 23.8 Å². The van der Waals surface area contributed by atoms with Gasteiger partial charge in [-0.1, -0.05) is 0 Å². The first kappa shape index (κ1) is 16.4. The molecule has 0 aromatic heterocycles. The Kier molecular flexibility index (Phi) is 4.97. The van der Waals surface area contributed by atoms with Crippen LogP contribution in [0.1, 0.15) is 18.4 Å². The number of hydrogen-bond donors (Lipinski definition) is 0. The number of sulfonamides is 1. The molecule has 0 radical (unpaired) electrons. The zero-order valence-corrected chi connectivity index (χ0v) is 13.8. The number of ether oxygens (including phenoxy) is 1. The van der Waals surface area contributed by atoms with E-state index in [1.807, 2.05) is 6.07 Å². The van der Waals surface area contributed by atoms with Gasteiger partial charge in [-0.15, -0.1) is 0 Å². The Labute approximate surface area is 137 Å². The van der Waals surface area contributed by atoms with Gasteiger partial charge in [0.25, 0.3) is 0 Å². The van der Waals surface area contributed by atoms with Crippen LogP contribution < -0.4 is 0 Å². The van der Waals surface area contributed by atoms with Crippen LogP contribution in [0, 0.1) is 11.3 Å². The average Bonchev–Trinajstić information content (AvgIpc) is 2.99. The lowest BCUT2D eigenvalue weighted by Gasteiger charge is -2.26. The molecule has 0 aliphatic carbocycles. The van der Waals surface area contributed by atoms with Gasteiger partial charge in [-0.2, -0.15) is 9.57 Å². The molecule has 1 atom stereocenters. The highest BCUT2D eigenvalue weighted by Crippen LogP contribution is 2.20. The third-order valence-corrected chi connectivity index (χ3v) is 6.45. The molecule has 2 fully saturated rings. The molecule has 3 rings (SSSR count). The summed E-state index contributed by atoms with van der Waals surface area (Å²) in [6.45, 7) is 4.24. The number of benzene rings is 1. The highest BCUT2D eigenvalue weighted by Gasteiger charge is 2.30. The van der Waals surface area contributed by atoms with Crippen molar-refractivity contribution in [3.8, 4) is 6.07 Å². The summed E-state index contributed by atoms with van der Waals surface area (Å²) < 4.78 is 32.5. The molecule has 2 aliphatic rings. The van der Waals surface area contributed by atoms with Crippen LogP contribution in [0.25, 0.3) is 0 Å². The molecule has 1 unspecified atom stereocenters. The second kappa shape index (κ2) is 6.97. The minimum Gasteiger partial charge on any atom is -0.380 e. The van der Waals surface area contributed by atoms with Gasteiger partial charge in [0.15, 0.2) is 0 Å². The van der Waals surface area contributed by atoms with Crippen LogP contribution in [-0.4, -0.2) is 63.1 Å². The van der Waals surface area contributed by atoms with Crippen molar-refractivity contribution in [3.05, 3.63) is 29.8 Å². The van der Waals surface area contributed by atoms with E-state index in [1.54, 1.807) is 16.4 Å². The van der Waals surface area contributed by atoms with Gasteiger partial charge < -0.3 is 4.74 Å². The minimum atomic E-state index is -3.49. The van der Waals surface area contributed by atoms with Gasteiger partial charge in [0.05, 0.1) is 23.1 Å². The predicted molar refractivity (Wildman–Crippen MR) is 85.3 cm³/mol. The second-order valence-corrected chi connectivity index (χ2v) is 7.89. The number of hydrogen-bond acceptors (Lipinski definition) is 5. The normalized spacial score (nSPS) is 24.2. The Balaban J connectivity index is 1.71. The van der Waals surface area contributed by atoms with E-state index in [0.717, 1.165) is 39.1 Å².